The van der Waals surface area contributed by atoms with E-state index in [1.54, 1.807) is 20.0 Å². The molecule has 4 N–H and O–H groups in total. The zero-order valence-corrected chi connectivity index (χ0v) is 9.48. The van der Waals surface area contributed by atoms with Crippen LogP contribution in [0.1, 0.15) is 13.8 Å². The van der Waals surface area contributed by atoms with E-state index < -0.39 is 5.60 Å². The van der Waals surface area contributed by atoms with Crippen molar-refractivity contribution in [1.29, 1.82) is 0 Å². The van der Waals surface area contributed by atoms with Gasteiger partial charge in [-0.1, -0.05) is 5.92 Å². The molecule has 17 heavy (non-hydrogen) atoms. The zero-order chi connectivity index (χ0) is 12.5. The van der Waals surface area contributed by atoms with Crippen LogP contribution in [-0.4, -0.2) is 25.8 Å². The SMILES string of the molecule is C#CC(C)(C)Oc1nc(NN)nc2[nH]ncc12. The predicted octanol–water partition coefficient (Wildman–Crippen LogP) is 0.429. The molecule has 0 spiro atoms. The van der Waals surface area contributed by atoms with Gasteiger partial charge in [-0.25, -0.2) is 5.84 Å². The van der Waals surface area contributed by atoms with E-state index in [1.807, 2.05) is 0 Å². The van der Waals surface area contributed by atoms with Gasteiger partial charge in [0.1, 0.15) is 5.39 Å². The van der Waals surface area contributed by atoms with Gasteiger partial charge in [0.15, 0.2) is 11.2 Å². The van der Waals surface area contributed by atoms with Crippen LogP contribution in [0.15, 0.2) is 6.20 Å². The van der Waals surface area contributed by atoms with E-state index in [0.29, 0.717) is 16.9 Å². The van der Waals surface area contributed by atoms with Gasteiger partial charge >= 0.3 is 0 Å². The number of terminal acetylenes is 1. The highest BCUT2D eigenvalue weighted by Crippen LogP contribution is 2.25. The Morgan fingerprint density at radius 1 is 1.53 bits per heavy atom. The number of hydrogen-bond acceptors (Lipinski definition) is 6. The third kappa shape index (κ3) is 2.11. The molecule has 0 saturated carbocycles. The minimum absolute atomic E-state index is 0.226. The fourth-order valence-corrected chi connectivity index (χ4v) is 1.22. The second-order valence-electron chi connectivity index (χ2n) is 3.89. The first-order valence-electron chi connectivity index (χ1n) is 4.90. The van der Waals surface area contributed by atoms with E-state index in [1.165, 1.54) is 0 Å². The van der Waals surface area contributed by atoms with E-state index >= 15 is 0 Å². The van der Waals surface area contributed by atoms with Gasteiger partial charge in [-0.05, 0) is 13.8 Å². The summed E-state index contributed by atoms with van der Waals surface area (Å²) in [7, 11) is 0. The number of hydrazine groups is 1. The summed E-state index contributed by atoms with van der Waals surface area (Å²) in [6, 6.07) is 0. The molecule has 0 aromatic carbocycles. The Balaban J connectivity index is 2.52. The summed E-state index contributed by atoms with van der Waals surface area (Å²) >= 11 is 0. The van der Waals surface area contributed by atoms with E-state index in [-0.39, 0.29) is 5.95 Å². The van der Waals surface area contributed by atoms with Crippen molar-refractivity contribution in [3.63, 3.8) is 0 Å². The largest absolute Gasteiger partial charge is 0.458 e. The summed E-state index contributed by atoms with van der Waals surface area (Å²) in [5.74, 6) is 8.35. The fraction of sp³-hybridized carbons (Fsp3) is 0.300. The van der Waals surface area contributed by atoms with Crippen LogP contribution < -0.4 is 16.0 Å². The lowest BCUT2D eigenvalue weighted by atomic mass is 10.1. The van der Waals surface area contributed by atoms with Crippen LogP contribution in [0.25, 0.3) is 11.0 Å². The summed E-state index contributed by atoms with van der Waals surface area (Å²) < 4.78 is 5.62. The standard InChI is InChI=1S/C10H12N6O/c1-4-10(2,3)17-8-6-5-12-16-7(6)13-9(14-8)15-11/h1,5H,11H2,2-3H3,(H2,12,13,14,15,16). The summed E-state index contributed by atoms with van der Waals surface area (Å²) in [4.78, 5) is 8.17. The van der Waals surface area contributed by atoms with Crippen molar-refractivity contribution in [2.24, 2.45) is 5.84 Å². The van der Waals surface area contributed by atoms with Crippen molar-refractivity contribution in [3.8, 4) is 18.2 Å². The highest BCUT2D eigenvalue weighted by atomic mass is 16.5. The van der Waals surface area contributed by atoms with Gasteiger partial charge in [0.05, 0.1) is 6.20 Å². The first kappa shape index (κ1) is 11.2. The lowest BCUT2D eigenvalue weighted by molar-refractivity contribution is 0.167. The fourth-order valence-electron chi connectivity index (χ4n) is 1.22. The first-order valence-corrected chi connectivity index (χ1v) is 4.90. The number of aromatic amines is 1. The number of ether oxygens (including phenoxy) is 1. The third-order valence-corrected chi connectivity index (χ3v) is 2.10. The maximum Gasteiger partial charge on any atom is 0.242 e. The Hall–Kier alpha value is -2.33. The Bertz CT molecular complexity index is 582. The minimum atomic E-state index is -0.773. The summed E-state index contributed by atoms with van der Waals surface area (Å²) in [6.07, 6.45) is 6.93. The minimum Gasteiger partial charge on any atom is -0.458 e. The summed E-state index contributed by atoms with van der Waals surface area (Å²) in [5.41, 5.74) is 2.10. The predicted molar refractivity (Wildman–Crippen MR) is 63.0 cm³/mol. The molecule has 7 heteroatoms. The molecule has 7 nitrogen and oxygen atoms in total. The Morgan fingerprint density at radius 3 is 2.94 bits per heavy atom. The number of hydrogen-bond donors (Lipinski definition) is 3. The Morgan fingerprint density at radius 2 is 2.29 bits per heavy atom. The van der Waals surface area contributed by atoms with Crippen LogP contribution in [0, 0.1) is 12.3 Å². The lowest BCUT2D eigenvalue weighted by Crippen LogP contribution is -2.26. The van der Waals surface area contributed by atoms with Crippen LogP contribution in [0.3, 0.4) is 0 Å². The first-order chi connectivity index (χ1) is 8.05. The van der Waals surface area contributed by atoms with Crippen LogP contribution in [0.2, 0.25) is 0 Å². The molecule has 0 aliphatic heterocycles. The number of nitrogens with two attached hydrogens (primary N) is 1. The van der Waals surface area contributed by atoms with E-state index in [2.05, 4.69) is 31.5 Å². The topological polar surface area (TPSA) is 102 Å². The monoisotopic (exact) mass is 232 g/mol. The summed E-state index contributed by atoms with van der Waals surface area (Å²) in [6.45, 7) is 3.52. The molecule has 2 aromatic heterocycles. The molecule has 2 aromatic rings. The quantitative estimate of drug-likeness (QED) is 0.403. The molecular formula is C10H12N6O. The third-order valence-electron chi connectivity index (χ3n) is 2.10. The van der Waals surface area contributed by atoms with Gasteiger partial charge in [-0.15, -0.1) is 6.42 Å². The van der Waals surface area contributed by atoms with E-state index in [9.17, 15) is 0 Å². The van der Waals surface area contributed by atoms with Crippen molar-refractivity contribution in [2.45, 2.75) is 19.4 Å². The van der Waals surface area contributed by atoms with Gasteiger partial charge in [0, 0.05) is 0 Å². The molecule has 2 heterocycles. The van der Waals surface area contributed by atoms with Gasteiger partial charge in [-0.3, -0.25) is 10.5 Å². The average Bonchev–Trinajstić information content (AvgIpc) is 2.76. The van der Waals surface area contributed by atoms with E-state index in [4.69, 9.17) is 17.0 Å². The van der Waals surface area contributed by atoms with Crippen molar-refractivity contribution in [2.75, 3.05) is 5.43 Å². The molecule has 0 unspecified atom stereocenters. The molecule has 0 bridgehead atoms. The number of rotatable bonds is 3. The smallest absolute Gasteiger partial charge is 0.242 e. The maximum absolute atomic E-state index is 5.62. The maximum atomic E-state index is 5.62. The van der Waals surface area contributed by atoms with E-state index in [0.717, 1.165) is 0 Å². The molecule has 0 aliphatic rings. The Labute approximate surface area is 97.7 Å². The molecule has 0 aliphatic carbocycles. The molecular weight excluding hydrogens is 220 g/mol. The number of nitrogen functional groups attached to an aromatic ring is 1. The van der Waals surface area contributed by atoms with Crippen molar-refractivity contribution >= 4 is 17.0 Å². The van der Waals surface area contributed by atoms with Crippen LogP contribution in [0.4, 0.5) is 5.95 Å². The number of nitrogens with one attached hydrogen (secondary N) is 2. The molecule has 0 saturated heterocycles. The van der Waals surface area contributed by atoms with Crippen molar-refractivity contribution in [3.05, 3.63) is 6.20 Å². The molecule has 0 fully saturated rings. The summed E-state index contributed by atoms with van der Waals surface area (Å²) in [5, 5.41) is 7.22. The van der Waals surface area contributed by atoms with Gasteiger partial charge in [-0.2, -0.15) is 15.1 Å². The normalized spacial score (nSPS) is 11.2. The number of fused-ring (bicyclic) bond motifs is 1. The van der Waals surface area contributed by atoms with Crippen LogP contribution in [0.5, 0.6) is 5.88 Å². The van der Waals surface area contributed by atoms with Crippen LogP contribution >= 0.6 is 0 Å². The second-order valence-corrected chi connectivity index (χ2v) is 3.89. The average molecular weight is 232 g/mol. The van der Waals surface area contributed by atoms with Gasteiger partial charge in [0.25, 0.3) is 0 Å². The van der Waals surface area contributed by atoms with Crippen molar-refractivity contribution < 1.29 is 4.74 Å². The number of anilines is 1. The number of H-pyrrole nitrogens is 1. The highest BCUT2D eigenvalue weighted by Gasteiger charge is 2.20. The van der Waals surface area contributed by atoms with Gasteiger partial charge in [0.2, 0.25) is 11.8 Å². The number of aromatic nitrogens is 4. The second kappa shape index (κ2) is 3.92. The van der Waals surface area contributed by atoms with Crippen molar-refractivity contribution in [1.82, 2.24) is 20.2 Å². The lowest BCUT2D eigenvalue weighted by Gasteiger charge is -2.19. The molecule has 88 valence electrons. The highest BCUT2D eigenvalue weighted by molar-refractivity contribution is 5.80. The van der Waals surface area contributed by atoms with Gasteiger partial charge < -0.3 is 4.74 Å². The molecule has 2 rings (SSSR count). The Kier molecular flexibility index (Phi) is 2.57. The molecule has 0 atom stereocenters. The number of nitrogens with zero attached hydrogens (tertiary/aromatic N) is 3. The zero-order valence-electron chi connectivity index (χ0n) is 9.48. The molecule has 0 radical (unpaired) electrons. The molecule has 0 amide bonds. The van der Waals surface area contributed by atoms with Crippen LogP contribution in [-0.2, 0) is 0 Å².